The van der Waals surface area contributed by atoms with Crippen molar-refractivity contribution in [1.29, 1.82) is 0 Å². The van der Waals surface area contributed by atoms with Crippen molar-refractivity contribution in [3.63, 3.8) is 0 Å². The summed E-state index contributed by atoms with van der Waals surface area (Å²) >= 11 is 0. The molecule has 100 valence electrons. The summed E-state index contributed by atoms with van der Waals surface area (Å²) in [5, 5.41) is 0. The normalized spacial score (nSPS) is 14.4. The monoisotopic (exact) mass is 259 g/mol. The van der Waals surface area contributed by atoms with E-state index in [4.69, 9.17) is 5.73 Å². The molecule has 1 heterocycles. The SMILES string of the molecule is NCc1ccc(F)cc1Cn1cnc2c1CCCC2. The second kappa shape index (κ2) is 5.13. The average molecular weight is 259 g/mol. The van der Waals surface area contributed by atoms with Gasteiger partial charge in [-0.3, -0.25) is 0 Å². The third kappa shape index (κ3) is 2.40. The molecule has 0 saturated heterocycles. The zero-order valence-corrected chi connectivity index (χ0v) is 10.9. The number of aryl methyl sites for hydroxylation is 1. The van der Waals surface area contributed by atoms with E-state index in [1.54, 1.807) is 12.1 Å². The Balaban J connectivity index is 1.93. The Labute approximate surface area is 112 Å². The number of fused-ring (bicyclic) bond motifs is 1. The molecule has 0 saturated carbocycles. The number of imidazole rings is 1. The maximum atomic E-state index is 13.4. The minimum absolute atomic E-state index is 0.207. The second-order valence-corrected chi connectivity index (χ2v) is 5.09. The van der Waals surface area contributed by atoms with Gasteiger partial charge in [0.25, 0.3) is 0 Å². The summed E-state index contributed by atoms with van der Waals surface area (Å²) in [5.74, 6) is -0.207. The van der Waals surface area contributed by atoms with Crippen molar-refractivity contribution < 1.29 is 4.39 Å². The molecule has 0 amide bonds. The molecule has 1 aromatic carbocycles. The molecule has 1 aliphatic rings. The molecule has 19 heavy (non-hydrogen) atoms. The summed E-state index contributed by atoms with van der Waals surface area (Å²) in [4.78, 5) is 4.47. The lowest BCUT2D eigenvalue weighted by molar-refractivity contribution is 0.612. The van der Waals surface area contributed by atoms with Gasteiger partial charge in [0.2, 0.25) is 0 Å². The highest BCUT2D eigenvalue weighted by Gasteiger charge is 2.15. The third-order valence-corrected chi connectivity index (χ3v) is 3.84. The first-order valence-electron chi connectivity index (χ1n) is 6.78. The van der Waals surface area contributed by atoms with Crippen LogP contribution in [0.2, 0.25) is 0 Å². The van der Waals surface area contributed by atoms with Gasteiger partial charge in [0.15, 0.2) is 0 Å². The Hall–Kier alpha value is -1.68. The molecule has 0 radical (unpaired) electrons. The highest BCUT2D eigenvalue weighted by molar-refractivity contribution is 5.29. The van der Waals surface area contributed by atoms with Gasteiger partial charge in [-0.05, 0) is 48.9 Å². The first-order chi connectivity index (χ1) is 9.28. The fraction of sp³-hybridized carbons (Fsp3) is 0.400. The summed E-state index contributed by atoms with van der Waals surface area (Å²) in [5.41, 5.74) is 10.2. The lowest BCUT2D eigenvalue weighted by atomic mass is 10.0. The predicted molar refractivity (Wildman–Crippen MR) is 72.3 cm³/mol. The van der Waals surface area contributed by atoms with Crippen LogP contribution in [0.3, 0.4) is 0 Å². The zero-order chi connectivity index (χ0) is 13.2. The molecule has 1 aliphatic carbocycles. The molecule has 0 fully saturated rings. The van der Waals surface area contributed by atoms with E-state index in [2.05, 4.69) is 9.55 Å². The van der Waals surface area contributed by atoms with Gasteiger partial charge >= 0.3 is 0 Å². The lowest BCUT2D eigenvalue weighted by Crippen LogP contribution is -2.11. The van der Waals surface area contributed by atoms with E-state index in [9.17, 15) is 4.39 Å². The van der Waals surface area contributed by atoms with E-state index < -0.39 is 0 Å². The molecule has 0 atom stereocenters. The van der Waals surface area contributed by atoms with Gasteiger partial charge in [0.1, 0.15) is 5.82 Å². The predicted octanol–water partition coefficient (Wildman–Crippen LogP) is 2.41. The van der Waals surface area contributed by atoms with Crippen LogP contribution < -0.4 is 5.73 Å². The van der Waals surface area contributed by atoms with E-state index in [0.717, 1.165) is 24.0 Å². The highest BCUT2D eigenvalue weighted by Crippen LogP contribution is 2.21. The highest BCUT2D eigenvalue weighted by atomic mass is 19.1. The van der Waals surface area contributed by atoms with Gasteiger partial charge in [0.05, 0.1) is 12.0 Å². The quantitative estimate of drug-likeness (QED) is 0.920. The van der Waals surface area contributed by atoms with Crippen LogP contribution in [-0.2, 0) is 25.9 Å². The maximum absolute atomic E-state index is 13.4. The zero-order valence-electron chi connectivity index (χ0n) is 10.9. The number of halogens is 1. The molecule has 1 aromatic heterocycles. The number of rotatable bonds is 3. The molecular formula is C15H18FN3. The lowest BCUT2D eigenvalue weighted by Gasteiger charge is -2.15. The molecule has 2 aromatic rings. The Morgan fingerprint density at radius 3 is 2.89 bits per heavy atom. The van der Waals surface area contributed by atoms with Crippen molar-refractivity contribution in [2.45, 2.75) is 38.8 Å². The Morgan fingerprint density at radius 1 is 1.21 bits per heavy atom. The largest absolute Gasteiger partial charge is 0.330 e. The van der Waals surface area contributed by atoms with Crippen molar-refractivity contribution in [3.05, 3.63) is 52.9 Å². The molecule has 4 heteroatoms. The number of hydrogen-bond acceptors (Lipinski definition) is 2. The smallest absolute Gasteiger partial charge is 0.123 e. The molecule has 3 nitrogen and oxygen atoms in total. The molecule has 0 unspecified atom stereocenters. The number of aromatic nitrogens is 2. The van der Waals surface area contributed by atoms with Crippen LogP contribution in [0.4, 0.5) is 4.39 Å². The van der Waals surface area contributed by atoms with Crippen LogP contribution >= 0.6 is 0 Å². The van der Waals surface area contributed by atoms with Crippen LogP contribution in [0.1, 0.15) is 35.4 Å². The molecule has 0 bridgehead atoms. The Morgan fingerprint density at radius 2 is 2.05 bits per heavy atom. The summed E-state index contributed by atoms with van der Waals surface area (Å²) < 4.78 is 15.5. The standard InChI is InChI=1S/C15H18FN3/c16-13-6-5-11(8-17)12(7-13)9-19-10-18-14-3-1-2-4-15(14)19/h5-7,10H,1-4,8-9,17H2. The van der Waals surface area contributed by atoms with Crippen molar-refractivity contribution in [2.24, 2.45) is 5.73 Å². The van der Waals surface area contributed by atoms with Crippen molar-refractivity contribution in [3.8, 4) is 0 Å². The molecule has 0 aliphatic heterocycles. The van der Waals surface area contributed by atoms with Gasteiger partial charge in [-0.2, -0.15) is 0 Å². The second-order valence-electron chi connectivity index (χ2n) is 5.09. The van der Waals surface area contributed by atoms with Crippen LogP contribution in [-0.4, -0.2) is 9.55 Å². The van der Waals surface area contributed by atoms with Gasteiger partial charge in [-0.15, -0.1) is 0 Å². The van der Waals surface area contributed by atoms with E-state index in [0.29, 0.717) is 13.1 Å². The molecule has 3 rings (SSSR count). The first-order valence-corrected chi connectivity index (χ1v) is 6.78. The fourth-order valence-electron chi connectivity index (χ4n) is 2.79. The maximum Gasteiger partial charge on any atom is 0.123 e. The Bertz CT molecular complexity index is 589. The fourth-order valence-corrected chi connectivity index (χ4v) is 2.79. The summed E-state index contributed by atoms with van der Waals surface area (Å²) in [7, 11) is 0. The summed E-state index contributed by atoms with van der Waals surface area (Å²) in [6.45, 7) is 1.10. The number of hydrogen-bond donors (Lipinski definition) is 1. The summed E-state index contributed by atoms with van der Waals surface area (Å²) in [6.07, 6.45) is 6.45. The van der Waals surface area contributed by atoms with E-state index in [-0.39, 0.29) is 5.82 Å². The molecular weight excluding hydrogens is 241 g/mol. The number of benzene rings is 1. The minimum Gasteiger partial charge on any atom is -0.330 e. The van der Waals surface area contributed by atoms with Crippen LogP contribution in [0, 0.1) is 5.82 Å². The average Bonchev–Trinajstić information content (AvgIpc) is 2.83. The number of nitrogens with two attached hydrogens (primary N) is 1. The minimum atomic E-state index is -0.207. The van der Waals surface area contributed by atoms with E-state index in [1.165, 1.54) is 30.3 Å². The molecule has 0 spiro atoms. The van der Waals surface area contributed by atoms with Crippen LogP contribution in [0.25, 0.3) is 0 Å². The van der Waals surface area contributed by atoms with Crippen LogP contribution in [0.5, 0.6) is 0 Å². The Kier molecular flexibility index (Phi) is 3.34. The third-order valence-electron chi connectivity index (χ3n) is 3.84. The van der Waals surface area contributed by atoms with E-state index in [1.807, 2.05) is 6.33 Å². The van der Waals surface area contributed by atoms with Gasteiger partial charge in [-0.25, -0.2) is 9.37 Å². The van der Waals surface area contributed by atoms with Gasteiger partial charge < -0.3 is 10.3 Å². The first kappa shape index (κ1) is 12.4. The van der Waals surface area contributed by atoms with Gasteiger partial charge in [0, 0.05) is 18.8 Å². The van der Waals surface area contributed by atoms with Crippen molar-refractivity contribution in [2.75, 3.05) is 0 Å². The molecule has 2 N–H and O–H groups in total. The van der Waals surface area contributed by atoms with Crippen LogP contribution in [0.15, 0.2) is 24.5 Å². The number of nitrogens with zero attached hydrogens (tertiary/aromatic N) is 2. The van der Waals surface area contributed by atoms with Gasteiger partial charge in [-0.1, -0.05) is 6.07 Å². The van der Waals surface area contributed by atoms with Crippen molar-refractivity contribution >= 4 is 0 Å². The van der Waals surface area contributed by atoms with E-state index >= 15 is 0 Å². The van der Waals surface area contributed by atoms with Crippen molar-refractivity contribution in [1.82, 2.24) is 9.55 Å². The topological polar surface area (TPSA) is 43.8 Å². The summed E-state index contributed by atoms with van der Waals surface area (Å²) in [6, 6.07) is 4.82.